The van der Waals surface area contributed by atoms with E-state index in [2.05, 4.69) is 9.82 Å². The number of rotatable bonds is 2. The van der Waals surface area contributed by atoms with Crippen molar-refractivity contribution < 1.29 is 32.7 Å². The van der Waals surface area contributed by atoms with E-state index in [1.807, 2.05) is 0 Å². The molecule has 1 aromatic heterocycles. The third-order valence-electron chi connectivity index (χ3n) is 3.29. The quantitative estimate of drug-likeness (QED) is 0.822. The van der Waals surface area contributed by atoms with Crippen LogP contribution >= 0.6 is 0 Å². The molecule has 0 aliphatic carbocycles. The molecule has 0 bridgehead atoms. The van der Waals surface area contributed by atoms with Crippen LogP contribution in [-0.2, 0) is 24.1 Å². The molecule has 0 radical (unpaired) electrons. The van der Waals surface area contributed by atoms with Crippen LogP contribution in [0.15, 0.2) is 0 Å². The summed E-state index contributed by atoms with van der Waals surface area (Å²) in [5.74, 6) is -2.10. The Morgan fingerprint density at radius 2 is 2.00 bits per heavy atom. The van der Waals surface area contributed by atoms with Crippen LogP contribution in [0.25, 0.3) is 0 Å². The standard InChI is InChI=1S/C11H13F3N4O4/c1-16(22-2)8(19)7-6-5-17(10(20)21)3-4-18(6)9(15-7)11(12,13)14/h3-5H2,1-2H3,(H,20,21). The van der Waals surface area contributed by atoms with Gasteiger partial charge in [-0.2, -0.15) is 13.2 Å². The molecule has 0 fully saturated rings. The molecule has 1 N–H and O–H groups in total. The summed E-state index contributed by atoms with van der Waals surface area (Å²) >= 11 is 0. The predicted molar refractivity (Wildman–Crippen MR) is 64.8 cm³/mol. The van der Waals surface area contributed by atoms with Gasteiger partial charge < -0.3 is 14.6 Å². The fourth-order valence-electron chi connectivity index (χ4n) is 2.15. The van der Waals surface area contributed by atoms with Crippen molar-refractivity contribution in [3.05, 3.63) is 17.2 Å². The lowest BCUT2D eigenvalue weighted by Crippen LogP contribution is -2.39. The summed E-state index contributed by atoms with van der Waals surface area (Å²) in [6.45, 7) is -0.694. The second-order valence-electron chi connectivity index (χ2n) is 4.57. The first-order valence-electron chi connectivity index (χ1n) is 6.13. The summed E-state index contributed by atoms with van der Waals surface area (Å²) in [5, 5.41) is 9.69. The average Bonchev–Trinajstić information content (AvgIpc) is 2.84. The highest BCUT2D eigenvalue weighted by molar-refractivity contribution is 5.93. The molecule has 122 valence electrons. The number of hydroxylamine groups is 2. The van der Waals surface area contributed by atoms with E-state index < -0.39 is 29.7 Å². The molecule has 11 heteroatoms. The number of hydrogen-bond donors (Lipinski definition) is 1. The third kappa shape index (κ3) is 2.71. The maximum atomic E-state index is 13.0. The van der Waals surface area contributed by atoms with Crippen LogP contribution in [0.4, 0.5) is 18.0 Å². The van der Waals surface area contributed by atoms with Crippen molar-refractivity contribution in [1.82, 2.24) is 19.5 Å². The van der Waals surface area contributed by atoms with E-state index >= 15 is 0 Å². The van der Waals surface area contributed by atoms with Crippen molar-refractivity contribution in [2.75, 3.05) is 20.7 Å². The Labute approximate surface area is 122 Å². The summed E-state index contributed by atoms with van der Waals surface area (Å²) in [7, 11) is 2.40. The second-order valence-corrected chi connectivity index (χ2v) is 4.57. The smallest absolute Gasteiger partial charge is 0.449 e. The molecule has 2 rings (SSSR count). The molecular formula is C11H13F3N4O4. The van der Waals surface area contributed by atoms with Gasteiger partial charge in [0, 0.05) is 20.1 Å². The summed E-state index contributed by atoms with van der Waals surface area (Å²) in [6.07, 6.45) is -6.02. The van der Waals surface area contributed by atoms with Gasteiger partial charge in [-0.3, -0.25) is 9.63 Å². The first-order chi connectivity index (χ1) is 10.2. The molecular weight excluding hydrogens is 309 g/mol. The van der Waals surface area contributed by atoms with E-state index in [0.29, 0.717) is 0 Å². The number of nitrogens with zero attached hydrogens (tertiary/aromatic N) is 4. The maximum Gasteiger partial charge on any atom is 0.449 e. The van der Waals surface area contributed by atoms with Crippen LogP contribution in [0.5, 0.6) is 0 Å². The highest BCUT2D eigenvalue weighted by Crippen LogP contribution is 2.32. The van der Waals surface area contributed by atoms with Crippen molar-refractivity contribution in [1.29, 1.82) is 0 Å². The molecule has 2 heterocycles. The van der Waals surface area contributed by atoms with Crippen molar-refractivity contribution >= 4 is 12.0 Å². The Balaban J connectivity index is 2.53. The zero-order valence-electron chi connectivity index (χ0n) is 11.7. The lowest BCUT2D eigenvalue weighted by Gasteiger charge is -2.27. The largest absolute Gasteiger partial charge is 0.465 e. The van der Waals surface area contributed by atoms with E-state index in [9.17, 15) is 22.8 Å². The Hall–Kier alpha value is -2.30. The van der Waals surface area contributed by atoms with Gasteiger partial charge in [-0.05, 0) is 0 Å². The first-order valence-corrected chi connectivity index (χ1v) is 6.13. The minimum atomic E-state index is -4.75. The number of hydrogen-bond acceptors (Lipinski definition) is 4. The van der Waals surface area contributed by atoms with Crippen LogP contribution in [0.3, 0.4) is 0 Å². The van der Waals surface area contributed by atoms with Crippen LogP contribution in [0.2, 0.25) is 0 Å². The van der Waals surface area contributed by atoms with Gasteiger partial charge in [0.15, 0.2) is 5.69 Å². The second kappa shape index (κ2) is 5.48. The zero-order chi connectivity index (χ0) is 16.7. The lowest BCUT2D eigenvalue weighted by atomic mass is 10.2. The van der Waals surface area contributed by atoms with Gasteiger partial charge in [-0.1, -0.05) is 0 Å². The fraction of sp³-hybridized carbons (Fsp3) is 0.545. The van der Waals surface area contributed by atoms with Crippen LogP contribution in [-0.4, -0.2) is 57.3 Å². The molecule has 8 nitrogen and oxygen atoms in total. The molecule has 1 aliphatic heterocycles. The minimum absolute atomic E-state index is 0.102. The van der Waals surface area contributed by atoms with Gasteiger partial charge >= 0.3 is 12.3 Å². The van der Waals surface area contributed by atoms with Gasteiger partial charge in [0.1, 0.15) is 0 Å². The third-order valence-corrected chi connectivity index (χ3v) is 3.29. The normalized spacial score (nSPS) is 14.7. The Bertz CT molecular complexity index is 613. The fourth-order valence-corrected chi connectivity index (χ4v) is 2.15. The SMILES string of the molecule is CON(C)C(=O)c1nc(C(F)(F)F)n2c1CN(C(=O)O)CC2. The number of halogens is 3. The van der Waals surface area contributed by atoms with Gasteiger partial charge in [-0.15, -0.1) is 0 Å². The van der Waals surface area contributed by atoms with E-state index in [0.717, 1.165) is 14.5 Å². The molecule has 0 aromatic carbocycles. The Kier molecular flexibility index (Phi) is 4.00. The minimum Gasteiger partial charge on any atom is -0.465 e. The molecule has 0 saturated carbocycles. The van der Waals surface area contributed by atoms with Gasteiger partial charge in [0.25, 0.3) is 5.91 Å². The summed E-state index contributed by atoms with van der Waals surface area (Å²) < 4.78 is 39.9. The highest BCUT2D eigenvalue weighted by Gasteiger charge is 2.42. The number of fused-ring (bicyclic) bond motifs is 1. The zero-order valence-corrected chi connectivity index (χ0v) is 11.7. The number of carbonyl (C=O) groups excluding carboxylic acids is 1. The van der Waals surface area contributed by atoms with Crippen molar-refractivity contribution in [2.24, 2.45) is 0 Å². The molecule has 2 amide bonds. The maximum absolute atomic E-state index is 13.0. The molecule has 0 spiro atoms. The number of alkyl halides is 3. The Morgan fingerprint density at radius 1 is 1.36 bits per heavy atom. The van der Waals surface area contributed by atoms with Crippen molar-refractivity contribution in [3.63, 3.8) is 0 Å². The lowest BCUT2D eigenvalue weighted by molar-refractivity contribution is -0.147. The first kappa shape index (κ1) is 16.1. The van der Waals surface area contributed by atoms with Gasteiger partial charge in [0.05, 0.1) is 19.3 Å². The van der Waals surface area contributed by atoms with Crippen LogP contribution in [0.1, 0.15) is 22.0 Å². The van der Waals surface area contributed by atoms with Gasteiger partial charge in [0.2, 0.25) is 5.82 Å². The number of aromatic nitrogens is 2. The van der Waals surface area contributed by atoms with Crippen LogP contribution < -0.4 is 0 Å². The summed E-state index contributed by atoms with van der Waals surface area (Å²) in [6, 6.07) is 0. The highest BCUT2D eigenvalue weighted by atomic mass is 19.4. The molecule has 0 atom stereocenters. The molecule has 22 heavy (non-hydrogen) atoms. The van der Waals surface area contributed by atoms with Crippen LogP contribution in [0, 0.1) is 0 Å². The van der Waals surface area contributed by atoms with E-state index in [4.69, 9.17) is 5.11 Å². The monoisotopic (exact) mass is 322 g/mol. The van der Waals surface area contributed by atoms with E-state index in [1.165, 1.54) is 14.2 Å². The van der Waals surface area contributed by atoms with E-state index in [1.54, 1.807) is 0 Å². The number of carbonyl (C=O) groups is 2. The Morgan fingerprint density at radius 3 is 2.50 bits per heavy atom. The topological polar surface area (TPSA) is 87.9 Å². The average molecular weight is 322 g/mol. The number of carboxylic acid groups (broad SMARTS) is 1. The molecule has 1 aliphatic rings. The molecule has 0 saturated heterocycles. The van der Waals surface area contributed by atoms with Crippen molar-refractivity contribution in [3.8, 4) is 0 Å². The molecule has 0 unspecified atom stereocenters. The van der Waals surface area contributed by atoms with Gasteiger partial charge in [-0.25, -0.2) is 14.8 Å². The summed E-state index contributed by atoms with van der Waals surface area (Å²) in [5.41, 5.74) is -0.572. The van der Waals surface area contributed by atoms with Crippen molar-refractivity contribution in [2.45, 2.75) is 19.3 Å². The summed E-state index contributed by atoms with van der Waals surface area (Å²) in [4.78, 5) is 32.0. The number of imidazole rings is 1. The number of amides is 2. The van der Waals surface area contributed by atoms with E-state index in [-0.39, 0.29) is 25.3 Å². The predicted octanol–water partition coefficient (Wildman–Crippen LogP) is 1.03. The molecule has 1 aromatic rings.